The molecule has 0 aromatic carbocycles. The monoisotopic (exact) mass is 267 g/mol. The number of hydrogen-bond acceptors (Lipinski definition) is 3. The topological polar surface area (TPSA) is 77.1 Å². The molecule has 0 saturated heterocycles. The standard InChI is InChI=1S/C9H15F2N3O2S/c1-2-14-6-8(3-7(14)4-12)17(15,16)13-5-9(10)11/h3,6,9,13H,2,4-5,12H2,1H3. The summed E-state index contributed by atoms with van der Waals surface area (Å²) >= 11 is 0. The Balaban J connectivity index is 2.95. The molecule has 0 fully saturated rings. The van der Waals surface area contributed by atoms with Crippen molar-refractivity contribution in [3.8, 4) is 0 Å². The first-order valence-corrected chi connectivity index (χ1v) is 6.56. The maximum absolute atomic E-state index is 11.9. The van der Waals surface area contributed by atoms with Gasteiger partial charge in [0.2, 0.25) is 10.0 Å². The summed E-state index contributed by atoms with van der Waals surface area (Å²) in [5.41, 5.74) is 6.09. The average Bonchev–Trinajstić information content (AvgIpc) is 2.70. The van der Waals surface area contributed by atoms with Gasteiger partial charge in [-0.25, -0.2) is 21.9 Å². The van der Waals surface area contributed by atoms with E-state index in [9.17, 15) is 17.2 Å². The number of aromatic nitrogens is 1. The molecule has 1 aromatic rings. The Morgan fingerprint density at radius 2 is 2.18 bits per heavy atom. The van der Waals surface area contributed by atoms with Gasteiger partial charge in [-0.2, -0.15) is 0 Å². The van der Waals surface area contributed by atoms with Crippen LogP contribution in [-0.4, -0.2) is 26.0 Å². The zero-order valence-electron chi connectivity index (χ0n) is 9.36. The molecule has 0 radical (unpaired) electrons. The van der Waals surface area contributed by atoms with Crippen LogP contribution < -0.4 is 10.5 Å². The van der Waals surface area contributed by atoms with Gasteiger partial charge in [0, 0.05) is 25.0 Å². The molecule has 0 bridgehead atoms. The Morgan fingerprint density at radius 1 is 1.53 bits per heavy atom. The van der Waals surface area contributed by atoms with Crippen molar-refractivity contribution in [2.75, 3.05) is 6.54 Å². The number of sulfonamides is 1. The van der Waals surface area contributed by atoms with E-state index >= 15 is 0 Å². The van der Waals surface area contributed by atoms with Crippen LogP contribution in [0.1, 0.15) is 12.6 Å². The third-order valence-electron chi connectivity index (χ3n) is 2.25. The Hall–Kier alpha value is -0.990. The van der Waals surface area contributed by atoms with Gasteiger partial charge < -0.3 is 10.3 Å². The molecular weight excluding hydrogens is 252 g/mol. The summed E-state index contributed by atoms with van der Waals surface area (Å²) in [7, 11) is -3.88. The van der Waals surface area contributed by atoms with Crippen molar-refractivity contribution >= 4 is 10.0 Å². The minimum Gasteiger partial charge on any atom is -0.349 e. The number of nitrogens with zero attached hydrogens (tertiary/aromatic N) is 1. The summed E-state index contributed by atoms with van der Waals surface area (Å²) in [4.78, 5) is -0.0412. The van der Waals surface area contributed by atoms with Gasteiger partial charge in [0.1, 0.15) is 0 Å². The van der Waals surface area contributed by atoms with E-state index < -0.39 is 23.0 Å². The summed E-state index contributed by atoms with van der Waals surface area (Å²) in [6, 6.07) is 1.39. The van der Waals surface area contributed by atoms with Gasteiger partial charge in [-0.1, -0.05) is 0 Å². The first-order valence-electron chi connectivity index (χ1n) is 5.07. The summed E-state index contributed by atoms with van der Waals surface area (Å²) in [5, 5.41) is 0. The fourth-order valence-corrected chi connectivity index (χ4v) is 2.46. The van der Waals surface area contributed by atoms with Crippen LogP contribution in [0.3, 0.4) is 0 Å². The van der Waals surface area contributed by atoms with E-state index in [2.05, 4.69) is 0 Å². The highest BCUT2D eigenvalue weighted by Crippen LogP contribution is 2.14. The molecule has 3 N–H and O–H groups in total. The zero-order chi connectivity index (χ0) is 13.1. The van der Waals surface area contributed by atoms with Crippen LogP contribution in [0.5, 0.6) is 0 Å². The van der Waals surface area contributed by atoms with E-state index in [-0.39, 0.29) is 11.4 Å². The Kier molecular flexibility index (Phi) is 4.61. The Labute approximate surface area is 98.7 Å². The van der Waals surface area contributed by atoms with Crippen molar-refractivity contribution in [3.05, 3.63) is 18.0 Å². The zero-order valence-corrected chi connectivity index (χ0v) is 10.2. The van der Waals surface area contributed by atoms with Crippen LogP contribution in [-0.2, 0) is 23.1 Å². The predicted octanol–water partition coefficient (Wildman–Crippen LogP) is 0.510. The lowest BCUT2D eigenvalue weighted by atomic mass is 10.4. The molecule has 0 amide bonds. The van der Waals surface area contributed by atoms with Gasteiger partial charge >= 0.3 is 0 Å². The predicted molar refractivity (Wildman–Crippen MR) is 59.2 cm³/mol. The molecule has 8 heteroatoms. The molecular formula is C9H15F2N3O2S. The van der Waals surface area contributed by atoms with Gasteiger partial charge in [0.15, 0.2) is 0 Å². The number of alkyl halides is 2. The van der Waals surface area contributed by atoms with E-state index in [0.29, 0.717) is 12.2 Å². The molecule has 1 heterocycles. The normalized spacial score (nSPS) is 12.3. The van der Waals surface area contributed by atoms with Crippen molar-refractivity contribution < 1.29 is 17.2 Å². The first kappa shape index (κ1) is 14.1. The second-order valence-electron chi connectivity index (χ2n) is 3.40. The maximum atomic E-state index is 11.9. The van der Waals surface area contributed by atoms with Gasteiger partial charge in [0.05, 0.1) is 11.4 Å². The Bertz CT molecular complexity index is 449. The molecule has 0 aliphatic carbocycles. The number of nitrogens with two attached hydrogens (primary N) is 1. The van der Waals surface area contributed by atoms with Gasteiger partial charge in [-0.15, -0.1) is 0 Å². The third-order valence-corrected chi connectivity index (χ3v) is 3.64. The van der Waals surface area contributed by atoms with Crippen LogP contribution in [0.25, 0.3) is 0 Å². The lowest BCUT2D eigenvalue weighted by Crippen LogP contribution is -2.28. The Morgan fingerprint density at radius 3 is 2.59 bits per heavy atom. The number of aryl methyl sites for hydroxylation is 1. The van der Waals surface area contributed by atoms with Crippen LogP contribution in [0.15, 0.2) is 17.2 Å². The average molecular weight is 267 g/mol. The molecule has 0 aliphatic rings. The molecule has 0 spiro atoms. The summed E-state index contributed by atoms with van der Waals surface area (Å²) < 4.78 is 50.7. The van der Waals surface area contributed by atoms with E-state index in [1.807, 2.05) is 11.6 Å². The fourth-order valence-electron chi connectivity index (χ4n) is 1.39. The highest BCUT2D eigenvalue weighted by atomic mass is 32.2. The molecule has 0 unspecified atom stereocenters. The smallest absolute Gasteiger partial charge is 0.251 e. The number of nitrogens with one attached hydrogen (secondary N) is 1. The summed E-state index contributed by atoms with van der Waals surface area (Å²) in [6.45, 7) is 1.70. The lowest BCUT2D eigenvalue weighted by Gasteiger charge is -2.03. The van der Waals surface area contributed by atoms with Crippen LogP contribution in [0, 0.1) is 0 Å². The van der Waals surface area contributed by atoms with Crippen molar-refractivity contribution in [1.29, 1.82) is 0 Å². The quantitative estimate of drug-likeness (QED) is 0.788. The third kappa shape index (κ3) is 3.48. The molecule has 1 rings (SSSR count). The van der Waals surface area contributed by atoms with E-state index in [4.69, 9.17) is 5.73 Å². The van der Waals surface area contributed by atoms with Gasteiger partial charge in [-0.3, -0.25) is 0 Å². The van der Waals surface area contributed by atoms with Gasteiger partial charge in [-0.05, 0) is 13.0 Å². The fraction of sp³-hybridized carbons (Fsp3) is 0.556. The van der Waals surface area contributed by atoms with E-state index in [1.165, 1.54) is 12.3 Å². The molecule has 98 valence electrons. The van der Waals surface area contributed by atoms with E-state index in [0.717, 1.165) is 0 Å². The van der Waals surface area contributed by atoms with Crippen LogP contribution >= 0.6 is 0 Å². The highest BCUT2D eigenvalue weighted by Gasteiger charge is 2.19. The van der Waals surface area contributed by atoms with Crippen molar-refractivity contribution in [1.82, 2.24) is 9.29 Å². The summed E-state index contributed by atoms with van der Waals surface area (Å²) in [6.07, 6.45) is -1.33. The highest BCUT2D eigenvalue weighted by molar-refractivity contribution is 7.89. The van der Waals surface area contributed by atoms with Crippen LogP contribution in [0.2, 0.25) is 0 Å². The molecule has 0 saturated carbocycles. The first-order chi connectivity index (χ1) is 7.90. The molecule has 1 aromatic heterocycles. The van der Waals surface area contributed by atoms with Crippen molar-refractivity contribution in [2.24, 2.45) is 5.73 Å². The number of halogens is 2. The second kappa shape index (κ2) is 5.56. The second-order valence-corrected chi connectivity index (χ2v) is 5.17. The SMILES string of the molecule is CCn1cc(S(=O)(=O)NCC(F)F)cc1CN. The molecule has 17 heavy (non-hydrogen) atoms. The minimum absolute atomic E-state index is 0.0412. The maximum Gasteiger partial charge on any atom is 0.251 e. The van der Waals surface area contributed by atoms with Crippen LogP contribution in [0.4, 0.5) is 8.78 Å². The van der Waals surface area contributed by atoms with Crippen molar-refractivity contribution in [3.63, 3.8) is 0 Å². The van der Waals surface area contributed by atoms with Crippen molar-refractivity contribution in [2.45, 2.75) is 31.3 Å². The molecule has 0 aliphatic heterocycles. The van der Waals surface area contributed by atoms with Gasteiger partial charge in [0.25, 0.3) is 6.43 Å². The summed E-state index contributed by atoms with van der Waals surface area (Å²) in [5.74, 6) is 0. The number of rotatable bonds is 6. The molecule has 0 atom stereocenters. The number of hydrogen-bond donors (Lipinski definition) is 2. The largest absolute Gasteiger partial charge is 0.349 e. The molecule has 5 nitrogen and oxygen atoms in total. The van der Waals surface area contributed by atoms with E-state index in [1.54, 1.807) is 4.57 Å². The minimum atomic E-state index is -3.88. The lowest BCUT2D eigenvalue weighted by molar-refractivity contribution is 0.153.